The van der Waals surface area contributed by atoms with Crippen LogP contribution in [0, 0.1) is 0 Å². The van der Waals surface area contributed by atoms with Crippen LogP contribution in [0.5, 0.6) is 5.75 Å². The molecule has 1 aliphatic rings. The largest absolute Gasteiger partial charge is 0.490 e. The summed E-state index contributed by atoms with van der Waals surface area (Å²) in [6.45, 7) is 1.27. The van der Waals surface area contributed by atoms with Crippen molar-refractivity contribution in [3.05, 3.63) is 76.7 Å². The third-order valence-electron chi connectivity index (χ3n) is 4.77. The number of carbonyl (C=O) groups excluding carboxylic acids is 2. The molecule has 160 valence electrons. The molecule has 1 aliphatic heterocycles. The molecular weight excluding hydrogens is 464 g/mol. The first-order valence-electron chi connectivity index (χ1n) is 9.89. The molecule has 31 heavy (non-hydrogen) atoms. The molecule has 2 amide bonds. The normalized spacial score (nSPS) is 15.5. The highest BCUT2D eigenvalue weighted by atomic mass is 79.9. The lowest BCUT2D eigenvalue weighted by atomic mass is 10.2. The van der Waals surface area contributed by atoms with Gasteiger partial charge in [-0.15, -0.1) is 0 Å². The van der Waals surface area contributed by atoms with E-state index in [1.165, 1.54) is 6.26 Å². The molecule has 1 unspecified atom stereocenters. The van der Waals surface area contributed by atoms with Gasteiger partial charge in [0, 0.05) is 23.5 Å². The van der Waals surface area contributed by atoms with Gasteiger partial charge in [0.15, 0.2) is 5.76 Å². The number of hydrogen-bond donors (Lipinski definition) is 2. The highest BCUT2D eigenvalue weighted by Crippen LogP contribution is 2.27. The molecule has 0 saturated carbocycles. The van der Waals surface area contributed by atoms with Crippen LogP contribution in [-0.4, -0.2) is 31.1 Å². The number of carbonyl (C=O) groups is 2. The summed E-state index contributed by atoms with van der Waals surface area (Å²) < 4.78 is 17.1. The lowest BCUT2D eigenvalue weighted by molar-refractivity contribution is 0.0677. The molecule has 2 heterocycles. The Bertz CT molecular complexity index is 1060. The fraction of sp³-hybridized carbons (Fsp3) is 0.217. The minimum atomic E-state index is -0.365. The maximum atomic E-state index is 12.7. The molecular formula is C23H21BrN2O5. The number of rotatable bonds is 7. The van der Waals surface area contributed by atoms with Gasteiger partial charge in [-0.2, -0.15) is 0 Å². The minimum absolute atomic E-state index is 0.121. The van der Waals surface area contributed by atoms with Crippen molar-refractivity contribution in [2.45, 2.75) is 18.9 Å². The van der Waals surface area contributed by atoms with E-state index in [0.717, 1.165) is 19.4 Å². The zero-order valence-electron chi connectivity index (χ0n) is 16.6. The molecule has 1 fully saturated rings. The molecule has 0 radical (unpaired) electrons. The average molecular weight is 485 g/mol. The summed E-state index contributed by atoms with van der Waals surface area (Å²) in [5.41, 5.74) is 1.57. The second kappa shape index (κ2) is 9.80. The Kier molecular flexibility index (Phi) is 6.69. The molecule has 2 aromatic carbocycles. The highest BCUT2D eigenvalue weighted by Gasteiger charge is 2.17. The van der Waals surface area contributed by atoms with Gasteiger partial charge >= 0.3 is 0 Å². The maximum Gasteiger partial charge on any atom is 0.291 e. The Balaban J connectivity index is 1.37. The van der Waals surface area contributed by atoms with Crippen molar-refractivity contribution >= 4 is 39.1 Å². The molecule has 2 N–H and O–H groups in total. The Morgan fingerprint density at radius 3 is 2.52 bits per heavy atom. The van der Waals surface area contributed by atoms with E-state index in [1.54, 1.807) is 54.6 Å². The van der Waals surface area contributed by atoms with E-state index in [1.807, 2.05) is 0 Å². The van der Waals surface area contributed by atoms with Gasteiger partial charge in [0.1, 0.15) is 12.4 Å². The molecule has 1 aromatic heterocycles. The van der Waals surface area contributed by atoms with Crippen molar-refractivity contribution < 1.29 is 23.5 Å². The zero-order valence-corrected chi connectivity index (χ0v) is 18.2. The van der Waals surface area contributed by atoms with Crippen molar-refractivity contribution in [2.75, 3.05) is 23.8 Å². The summed E-state index contributed by atoms with van der Waals surface area (Å²) >= 11 is 3.47. The molecule has 7 nitrogen and oxygen atoms in total. The monoisotopic (exact) mass is 484 g/mol. The molecule has 4 rings (SSSR count). The van der Waals surface area contributed by atoms with Crippen molar-refractivity contribution in [1.82, 2.24) is 0 Å². The van der Waals surface area contributed by atoms with E-state index in [2.05, 4.69) is 26.6 Å². The number of ether oxygens (including phenoxy) is 2. The highest BCUT2D eigenvalue weighted by molar-refractivity contribution is 9.10. The smallest absolute Gasteiger partial charge is 0.291 e. The van der Waals surface area contributed by atoms with Crippen molar-refractivity contribution in [3.63, 3.8) is 0 Å². The molecule has 0 spiro atoms. The predicted molar refractivity (Wildman–Crippen MR) is 120 cm³/mol. The standard InChI is InChI=1S/C23H21BrN2O5/c24-19-12-15(8-9-20(19)31-14-18-6-2-10-29-18)22(27)25-16-4-1-5-17(13-16)26-23(28)21-7-3-11-30-21/h1,3-5,7-9,11-13,18H,2,6,10,14H2,(H,25,27)(H,26,28). The molecule has 8 heteroatoms. The third kappa shape index (κ3) is 5.53. The number of anilines is 2. The van der Waals surface area contributed by atoms with Gasteiger partial charge in [-0.25, -0.2) is 0 Å². The summed E-state index contributed by atoms with van der Waals surface area (Å²) in [5.74, 6) is 0.229. The van der Waals surface area contributed by atoms with Crippen LogP contribution in [0.3, 0.4) is 0 Å². The molecule has 1 saturated heterocycles. The minimum Gasteiger partial charge on any atom is -0.490 e. The van der Waals surface area contributed by atoms with Gasteiger partial charge < -0.3 is 24.5 Å². The number of benzene rings is 2. The molecule has 0 aliphatic carbocycles. The fourth-order valence-corrected chi connectivity index (χ4v) is 3.69. The summed E-state index contributed by atoms with van der Waals surface area (Å²) in [5, 5.41) is 5.57. The van der Waals surface area contributed by atoms with Gasteiger partial charge in [0.2, 0.25) is 0 Å². The number of hydrogen-bond acceptors (Lipinski definition) is 5. The Labute approximate surface area is 187 Å². The second-order valence-electron chi connectivity index (χ2n) is 7.06. The number of amides is 2. The van der Waals surface area contributed by atoms with Crippen LogP contribution in [0.1, 0.15) is 33.8 Å². The number of nitrogens with one attached hydrogen (secondary N) is 2. The van der Waals surface area contributed by atoms with E-state index in [9.17, 15) is 9.59 Å². The molecule has 3 aromatic rings. The lowest BCUT2D eigenvalue weighted by Gasteiger charge is -2.13. The summed E-state index contributed by atoms with van der Waals surface area (Å²) in [6.07, 6.45) is 3.61. The van der Waals surface area contributed by atoms with Gasteiger partial charge in [-0.1, -0.05) is 6.07 Å². The van der Waals surface area contributed by atoms with E-state index < -0.39 is 0 Å². The molecule has 0 bridgehead atoms. The van der Waals surface area contributed by atoms with Crippen LogP contribution in [0.15, 0.2) is 69.8 Å². The summed E-state index contributed by atoms with van der Waals surface area (Å²) in [4.78, 5) is 24.8. The number of furan rings is 1. The first-order chi connectivity index (χ1) is 15.1. The van der Waals surface area contributed by atoms with Crippen LogP contribution in [0.2, 0.25) is 0 Å². The number of halogens is 1. The lowest BCUT2D eigenvalue weighted by Crippen LogP contribution is -2.17. The Morgan fingerprint density at radius 1 is 1.03 bits per heavy atom. The van der Waals surface area contributed by atoms with E-state index in [0.29, 0.717) is 33.8 Å². The quantitative estimate of drug-likeness (QED) is 0.486. The molecule has 1 atom stereocenters. The van der Waals surface area contributed by atoms with Crippen LogP contribution < -0.4 is 15.4 Å². The maximum absolute atomic E-state index is 12.7. The van der Waals surface area contributed by atoms with Crippen LogP contribution >= 0.6 is 15.9 Å². The van der Waals surface area contributed by atoms with Crippen molar-refractivity contribution in [2.24, 2.45) is 0 Å². The topological polar surface area (TPSA) is 89.8 Å². The van der Waals surface area contributed by atoms with Gasteiger partial charge in [0.25, 0.3) is 11.8 Å². The van der Waals surface area contributed by atoms with Crippen LogP contribution in [-0.2, 0) is 4.74 Å². The second-order valence-corrected chi connectivity index (χ2v) is 7.91. The van der Waals surface area contributed by atoms with E-state index in [-0.39, 0.29) is 23.7 Å². The first kappa shape index (κ1) is 21.1. The third-order valence-corrected chi connectivity index (χ3v) is 5.39. The van der Waals surface area contributed by atoms with Crippen LogP contribution in [0.4, 0.5) is 11.4 Å². The Morgan fingerprint density at radius 2 is 1.84 bits per heavy atom. The Hall–Kier alpha value is -3.10. The SMILES string of the molecule is O=C(Nc1cccc(NC(=O)c2ccco2)c1)c1ccc(OCC2CCCO2)c(Br)c1. The van der Waals surface area contributed by atoms with Crippen molar-refractivity contribution in [1.29, 1.82) is 0 Å². The predicted octanol–water partition coefficient (Wildman–Crippen LogP) is 5.10. The van der Waals surface area contributed by atoms with E-state index >= 15 is 0 Å². The van der Waals surface area contributed by atoms with Crippen LogP contribution in [0.25, 0.3) is 0 Å². The van der Waals surface area contributed by atoms with Gasteiger partial charge in [-0.05, 0) is 77.3 Å². The first-order valence-corrected chi connectivity index (χ1v) is 10.7. The average Bonchev–Trinajstić information content (AvgIpc) is 3.47. The summed E-state index contributed by atoms with van der Waals surface area (Å²) in [6, 6.07) is 15.3. The zero-order chi connectivity index (χ0) is 21.6. The van der Waals surface area contributed by atoms with Gasteiger partial charge in [0.05, 0.1) is 16.8 Å². The fourth-order valence-electron chi connectivity index (χ4n) is 3.20. The summed E-state index contributed by atoms with van der Waals surface area (Å²) in [7, 11) is 0. The van der Waals surface area contributed by atoms with Gasteiger partial charge in [-0.3, -0.25) is 9.59 Å². The van der Waals surface area contributed by atoms with E-state index in [4.69, 9.17) is 13.9 Å². The van der Waals surface area contributed by atoms with Crippen molar-refractivity contribution in [3.8, 4) is 5.75 Å².